The van der Waals surface area contributed by atoms with Crippen molar-refractivity contribution in [1.82, 2.24) is 0 Å². The molecule has 0 nitrogen and oxygen atoms in total. The van der Waals surface area contributed by atoms with Gasteiger partial charge in [-0.25, -0.2) is 0 Å². The van der Waals surface area contributed by atoms with Crippen LogP contribution in [0.25, 0.3) is 0 Å². The van der Waals surface area contributed by atoms with Gasteiger partial charge in [0.2, 0.25) is 0 Å². The minimum atomic E-state index is 0.676. The maximum absolute atomic E-state index is 2.62. The molecule has 9 unspecified atom stereocenters. The Morgan fingerprint density at radius 2 is 1.54 bits per heavy atom. The quantitative estimate of drug-likeness (QED) is 0.405. The van der Waals surface area contributed by atoms with E-state index in [1.54, 1.807) is 0 Å². The highest BCUT2D eigenvalue weighted by Crippen LogP contribution is 2.60. The maximum atomic E-state index is 2.62. The molecule has 9 atom stereocenters. The first-order valence-corrected chi connectivity index (χ1v) is 12.2. The number of rotatable bonds is 8. The molecule has 0 aromatic heterocycles. The number of hydrogen-bond donors (Lipinski definition) is 0. The molecule has 0 aliphatic heterocycles. The highest BCUT2D eigenvalue weighted by atomic mass is 14.6. The fourth-order valence-corrected chi connectivity index (χ4v) is 6.23. The Morgan fingerprint density at radius 3 is 2.15 bits per heavy atom. The average molecular weight is 363 g/mol. The van der Waals surface area contributed by atoms with Crippen LogP contribution in [0.4, 0.5) is 0 Å². The Bertz CT molecular complexity index is 412. The molecule has 0 aromatic rings. The lowest BCUT2D eigenvalue weighted by Crippen LogP contribution is -2.30. The van der Waals surface area contributed by atoms with E-state index in [2.05, 4.69) is 55.4 Å². The Kier molecular flexibility index (Phi) is 8.12. The standard InChI is InChI=1S/C26H50/c1-9-11-19(4)23-13-20(5)21(6)14-24(22(7)15-23)16-26(8)17-25(26)12-18(3)10-2/h18-25H,9-17H2,1-8H3. The van der Waals surface area contributed by atoms with E-state index in [1.807, 2.05) is 0 Å². The van der Waals surface area contributed by atoms with Crippen LogP contribution in [0.3, 0.4) is 0 Å². The van der Waals surface area contributed by atoms with Crippen molar-refractivity contribution in [3.63, 3.8) is 0 Å². The van der Waals surface area contributed by atoms with Crippen molar-refractivity contribution < 1.29 is 0 Å². The van der Waals surface area contributed by atoms with Crippen LogP contribution in [0.15, 0.2) is 0 Å². The Balaban J connectivity index is 2.01. The van der Waals surface area contributed by atoms with Gasteiger partial charge in [0.1, 0.15) is 0 Å². The van der Waals surface area contributed by atoms with Crippen LogP contribution in [-0.4, -0.2) is 0 Å². The van der Waals surface area contributed by atoms with E-state index >= 15 is 0 Å². The summed E-state index contributed by atoms with van der Waals surface area (Å²) in [7, 11) is 0. The van der Waals surface area contributed by atoms with Crippen molar-refractivity contribution in [2.45, 2.75) is 113 Å². The molecule has 154 valence electrons. The Labute approximate surface area is 166 Å². The van der Waals surface area contributed by atoms with Gasteiger partial charge < -0.3 is 0 Å². The molecule has 0 aromatic carbocycles. The lowest BCUT2D eigenvalue weighted by molar-refractivity contribution is 0.107. The molecular formula is C26H50. The zero-order chi connectivity index (χ0) is 19.5. The molecule has 0 bridgehead atoms. The Morgan fingerprint density at radius 1 is 0.923 bits per heavy atom. The monoisotopic (exact) mass is 362 g/mol. The molecule has 0 saturated heterocycles. The predicted octanol–water partition coefficient (Wildman–Crippen LogP) is 8.60. The average Bonchev–Trinajstić information content (AvgIpc) is 3.21. The van der Waals surface area contributed by atoms with Gasteiger partial charge in [0, 0.05) is 0 Å². The van der Waals surface area contributed by atoms with Gasteiger partial charge in [-0.15, -0.1) is 0 Å². The predicted molar refractivity (Wildman–Crippen MR) is 117 cm³/mol. The molecule has 0 spiro atoms. The third kappa shape index (κ3) is 5.75. The van der Waals surface area contributed by atoms with Crippen LogP contribution < -0.4 is 0 Å². The third-order valence-electron chi connectivity index (χ3n) is 9.00. The van der Waals surface area contributed by atoms with Gasteiger partial charge in [0.05, 0.1) is 0 Å². The van der Waals surface area contributed by atoms with E-state index < -0.39 is 0 Å². The molecule has 0 heteroatoms. The van der Waals surface area contributed by atoms with E-state index in [9.17, 15) is 0 Å². The lowest BCUT2D eigenvalue weighted by Gasteiger charge is -2.40. The van der Waals surface area contributed by atoms with Crippen LogP contribution in [0.2, 0.25) is 0 Å². The van der Waals surface area contributed by atoms with Crippen LogP contribution in [-0.2, 0) is 0 Å². The summed E-state index contributed by atoms with van der Waals surface area (Å²) in [6, 6.07) is 0. The van der Waals surface area contributed by atoms with Crippen molar-refractivity contribution >= 4 is 0 Å². The normalized spacial score (nSPS) is 43.4. The first-order valence-electron chi connectivity index (χ1n) is 12.2. The molecule has 2 rings (SSSR count). The second-order valence-corrected chi connectivity index (χ2v) is 11.4. The van der Waals surface area contributed by atoms with Crippen LogP contribution >= 0.6 is 0 Å². The molecule has 0 heterocycles. The summed E-state index contributed by atoms with van der Waals surface area (Å²) in [5.41, 5.74) is 0.676. The van der Waals surface area contributed by atoms with Gasteiger partial charge in [-0.2, -0.15) is 0 Å². The molecule has 2 aliphatic carbocycles. The topological polar surface area (TPSA) is 0 Å². The second-order valence-electron chi connectivity index (χ2n) is 11.4. The van der Waals surface area contributed by atoms with Crippen LogP contribution in [0.5, 0.6) is 0 Å². The Hall–Kier alpha value is 0. The van der Waals surface area contributed by atoms with Crippen LogP contribution in [0.1, 0.15) is 113 Å². The molecule has 2 fully saturated rings. The highest BCUT2D eigenvalue weighted by molar-refractivity contribution is 5.01. The number of hydrogen-bond acceptors (Lipinski definition) is 0. The summed E-state index contributed by atoms with van der Waals surface area (Å²) in [6.45, 7) is 20.1. The van der Waals surface area contributed by atoms with Gasteiger partial charge in [-0.3, -0.25) is 0 Å². The summed E-state index contributed by atoms with van der Waals surface area (Å²) >= 11 is 0. The van der Waals surface area contributed by atoms with E-state index in [4.69, 9.17) is 0 Å². The highest BCUT2D eigenvalue weighted by Gasteiger charge is 2.51. The minimum Gasteiger partial charge on any atom is -0.0654 e. The first-order chi connectivity index (χ1) is 12.2. The van der Waals surface area contributed by atoms with Gasteiger partial charge in [0.15, 0.2) is 0 Å². The second kappa shape index (κ2) is 9.47. The van der Waals surface area contributed by atoms with Crippen LogP contribution in [0, 0.1) is 52.8 Å². The SMILES string of the molecule is CCCC(C)C1CC(C)C(C)CC(CC2(C)CC2CC(C)CC)C(C)C1. The van der Waals surface area contributed by atoms with Crippen molar-refractivity contribution in [3.8, 4) is 0 Å². The van der Waals surface area contributed by atoms with Gasteiger partial charge in [0.25, 0.3) is 0 Å². The molecule has 26 heavy (non-hydrogen) atoms. The third-order valence-corrected chi connectivity index (χ3v) is 9.00. The van der Waals surface area contributed by atoms with Gasteiger partial charge in [-0.1, -0.05) is 74.7 Å². The van der Waals surface area contributed by atoms with Gasteiger partial charge in [-0.05, 0) is 91.3 Å². The molecule has 0 N–H and O–H groups in total. The largest absolute Gasteiger partial charge is 0.0654 e. The molecule has 2 aliphatic rings. The minimum absolute atomic E-state index is 0.676. The summed E-state index contributed by atoms with van der Waals surface area (Å²) in [6.07, 6.45) is 13.1. The van der Waals surface area contributed by atoms with Crippen molar-refractivity contribution in [3.05, 3.63) is 0 Å². The zero-order valence-corrected chi connectivity index (χ0v) is 19.5. The fraction of sp³-hybridized carbons (Fsp3) is 1.00. The molecule has 0 amide bonds. The van der Waals surface area contributed by atoms with E-state index in [1.165, 1.54) is 57.8 Å². The van der Waals surface area contributed by atoms with E-state index in [0.29, 0.717) is 5.41 Å². The smallest absolute Gasteiger partial charge is 0.0292 e. The van der Waals surface area contributed by atoms with Crippen molar-refractivity contribution in [1.29, 1.82) is 0 Å². The summed E-state index contributed by atoms with van der Waals surface area (Å²) in [4.78, 5) is 0. The summed E-state index contributed by atoms with van der Waals surface area (Å²) < 4.78 is 0. The van der Waals surface area contributed by atoms with E-state index in [-0.39, 0.29) is 0 Å². The van der Waals surface area contributed by atoms with E-state index in [0.717, 1.165) is 47.3 Å². The molecule has 0 radical (unpaired) electrons. The fourth-order valence-electron chi connectivity index (χ4n) is 6.23. The molecular weight excluding hydrogens is 312 g/mol. The summed E-state index contributed by atoms with van der Waals surface area (Å²) in [5.74, 6) is 7.56. The van der Waals surface area contributed by atoms with Crippen molar-refractivity contribution in [2.24, 2.45) is 52.8 Å². The summed E-state index contributed by atoms with van der Waals surface area (Å²) in [5, 5.41) is 0. The molecule has 2 saturated carbocycles. The van der Waals surface area contributed by atoms with Gasteiger partial charge >= 0.3 is 0 Å². The first kappa shape index (κ1) is 22.3. The van der Waals surface area contributed by atoms with Crippen molar-refractivity contribution in [2.75, 3.05) is 0 Å². The zero-order valence-electron chi connectivity index (χ0n) is 19.5. The lowest BCUT2D eigenvalue weighted by atomic mass is 9.66. The maximum Gasteiger partial charge on any atom is -0.0292 e.